The van der Waals surface area contributed by atoms with E-state index in [0.29, 0.717) is 5.56 Å². The molecule has 0 saturated carbocycles. The number of anilines is 1. The van der Waals surface area contributed by atoms with Gasteiger partial charge in [-0.25, -0.2) is 4.39 Å². The molecule has 4 rings (SSSR count). The Morgan fingerprint density at radius 1 is 1.07 bits per heavy atom. The van der Waals surface area contributed by atoms with E-state index in [4.69, 9.17) is 0 Å². The van der Waals surface area contributed by atoms with E-state index in [1.807, 2.05) is 0 Å². The maximum atomic E-state index is 13.7. The highest BCUT2D eigenvalue weighted by molar-refractivity contribution is 6.09. The van der Waals surface area contributed by atoms with Crippen LogP contribution in [0.2, 0.25) is 0 Å². The van der Waals surface area contributed by atoms with Gasteiger partial charge in [-0.05, 0) is 36.6 Å². The second-order valence-electron chi connectivity index (χ2n) is 7.10. The number of amides is 1. The van der Waals surface area contributed by atoms with Crippen molar-refractivity contribution in [2.45, 2.75) is 30.7 Å². The lowest BCUT2D eigenvalue weighted by molar-refractivity contribution is -0.136. The summed E-state index contributed by atoms with van der Waals surface area (Å²) in [5, 5.41) is 12.1. The van der Waals surface area contributed by atoms with E-state index < -0.39 is 29.4 Å². The Hall–Kier alpha value is -2.61. The van der Waals surface area contributed by atoms with Crippen molar-refractivity contribution in [2.75, 3.05) is 18.4 Å². The van der Waals surface area contributed by atoms with Gasteiger partial charge < -0.3 is 10.4 Å². The minimum absolute atomic E-state index is 0.0240. The van der Waals surface area contributed by atoms with Gasteiger partial charge in [0.1, 0.15) is 11.9 Å². The van der Waals surface area contributed by atoms with Crippen molar-refractivity contribution in [3.63, 3.8) is 0 Å². The van der Waals surface area contributed by atoms with Crippen LogP contribution in [0, 0.1) is 0 Å². The number of nitrogens with one attached hydrogen (secondary N) is 1. The molecule has 2 aliphatic rings. The van der Waals surface area contributed by atoms with Crippen LogP contribution in [0.1, 0.15) is 29.5 Å². The molecular weight excluding hydrogens is 376 g/mol. The number of aromatic hydroxyl groups is 1. The standard InChI is InChI=1S/C20H18F4N2O2/c21-13-8-10-26(11-9-13)19(12-4-6-14(27)7-5-12)15-2-1-3-16(20(22,23)24)17(15)25-18(19)28/h1-7,13,27H,8-11H2,(H,25,28). The summed E-state index contributed by atoms with van der Waals surface area (Å²) in [5.41, 5.74) is -2.08. The molecule has 148 valence electrons. The third-order valence-corrected chi connectivity index (χ3v) is 5.51. The maximum Gasteiger partial charge on any atom is 0.418 e. The molecule has 1 unspecified atom stereocenters. The molecule has 0 bridgehead atoms. The molecule has 1 atom stereocenters. The number of nitrogens with zero attached hydrogens (tertiary/aromatic N) is 1. The van der Waals surface area contributed by atoms with Gasteiger partial charge in [0.15, 0.2) is 5.54 Å². The molecule has 1 saturated heterocycles. The first kappa shape index (κ1) is 18.7. The van der Waals surface area contributed by atoms with Crippen LogP contribution < -0.4 is 5.32 Å². The number of alkyl halides is 4. The number of carbonyl (C=O) groups excluding carboxylic acids is 1. The predicted octanol–water partition coefficient (Wildman–Crippen LogP) is 4.04. The van der Waals surface area contributed by atoms with Gasteiger partial charge in [-0.2, -0.15) is 13.2 Å². The second-order valence-corrected chi connectivity index (χ2v) is 7.10. The average Bonchev–Trinajstić information content (AvgIpc) is 2.95. The number of rotatable bonds is 2. The van der Waals surface area contributed by atoms with Crippen molar-refractivity contribution >= 4 is 11.6 Å². The number of piperidine rings is 1. The Bertz CT molecular complexity index is 905. The summed E-state index contributed by atoms with van der Waals surface area (Å²) in [5.74, 6) is -0.633. The second kappa shape index (κ2) is 6.48. The van der Waals surface area contributed by atoms with E-state index in [0.717, 1.165) is 6.07 Å². The molecule has 2 aromatic rings. The fourth-order valence-electron chi connectivity index (χ4n) is 4.22. The lowest BCUT2D eigenvalue weighted by Gasteiger charge is -2.43. The largest absolute Gasteiger partial charge is 0.508 e. The van der Waals surface area contributed by atoms with E-state index in [1.165, 1.54) is 36.4 Å². The van der Waals surface area contributed by atoms with Crippen LogP contribution in [-0.2, 0) is 16.5 Å². The molecule has 2 aromatic carbocycles. The van der Waals surface area contributed by atoms with Gasteiger partial charge in [-0.15, -0.1) is 0 Å². The number of benzene rings is 2. The number of phenolic OH excluding ortho intramolecular Hbond substituents is 1. The van der Waals surface area contributed by atoms with Gasteiger partial charge in [0.05, 0.1) is 11.3 Å². The van der Waals surface area contributed by atoms with Crippen LogP contribution in [0.4, 0.5) is 23.2 Å². The summed E-state index contributed by atoms with van der Waals surface area (Å²) in [7, 11) is 0. The van der Waals surface area contributed by atoms with E-state index in [9.17, 15) is 27.5 Å². The molecule has 2 heterocycles. The van der Waals surface area contributed by atoms with E-state index >= 15 is 0 Å². The third-order valence-electron chi connectivity index (χ3n) is 5.51. The topological polar surface area (TPSA) is 52.6 Å². The molecule has 28 heavy (non-hydrogen) atoms. The number of likely N-dealkylation sites (tertiary alicyclic amines) is 1. The van der Waals surface area contributed by atoms with Crippen LogP contribution in [-0.4, -0.2) is 35.2 Å². The SMILES string of the molecule is O=C1Nc2c(C(F)(F)F)cccc2C1(c1ccc(O)cc1)N1CCC(F)CC1. The number of para-hydroxylation sites is 1. The van der Waals surface area contributed by atoms with Crippen molar-refractivity contribution in [1.82, 2.24) is 4.90 Å². The van der Waals surface area contributed by atoms with Crippen molar-refractivity contribution in [3.8, 4) is 5.75 Å². The monoisotopic (exact) mass is 394 g/mol. The smallest absolute Gasteiger partial charge is 0.418 e. The Labute approximate surface area is 158 Å². The van der Waals surface area contributed by atoms with E-state index in [2.05, 4.69) is 5.32 Å². The first-order valence-corrected chi connectivity index (χ1v) is 8.95. The molecule has 8 heteroatoms. The normalized spacial score (nSPS) is 23.5. The maximum absolute atomic E-state index is 13.7. The Morgan fingerprint density at radius 3 is 2.32 bits per heavy atom. The summed E-state index contributed by atoms with van der Waals surface area (Å²) >= 11 is 0. The molecule has 0 aromatic heterocycles. The molecule has 1 fully saturated rings. The number of carbonyl (C=O) groups is 1. The number of phenols is 1. The number of hydrogen-bond donors (Lipinski definition) is 2. The summed E-state index contributed by atoms with van der Waals surface area (Å²) in [6.07, 6.45) is -5.24. The summed E-state index contributed by atoms with van der Waals surface area (Å²) < 4.78 is 54.3. The minimum atomic E-state index is -4.63. The van der Waals surface area contributed by atoms with Gasteiger partial charge >= 0.3 is 6.18 Å². The Balaban J connectivity index is 1.95. The minimum Gasteiger partial charge on any atom is -0.508 e. The van der Waals surface area contributed by atoms with Gasteiger partial charge in [0, 0.05) is 18.7 Å². The fourth-order valence-corrected chi connectivity index (χ4v) is 4.22. The Morgan fingerprint density at radius 2 is 1.71 bits per heavy atom. The average molecular weight is 394 g/mol. The molecule has 1 amide bonds. The lowest BCUT2D eigenvalue weighted by Crippen LogP contribution is -2.54. The number of fused-ring (bicyclic) bond motifs is 1. The van der Waals surface area contributed by atoms with E-state index in [-0.39, 0.29) is 42.9 Å². The van der Waals surface area contributed by atoms with Crippen LogP contribution in [0.5, 0.6) is 5.75 Å². The summed E-state index contributed by atoms with van der Waals surface area (Å²) in [6, 6.07) is 9.52. The van der Waals surface area contributed by atoms with Gasteiger partial charge in [0.2, 0.25) is 0 Å². The summed E-state index contributed by atoms with van der Waals surface area (Å²) in [6.45, 7) is 0.455. The summed E-state index contributed by atoms with van der Waals surface area (Å²) in [4.78, 5) is 15.0. The number of hydrogen-bond acceptors (Lipinski definition) is 3. The van der Waals surface area contributed by atoms with Crippen LogP contribution in [0.25, 0.3) is 0 Å². The van der Waals surface area contributed by atoms with Crippen LogP contribution in [0.15, 0.2) is 42.5 Å². The molecule has 2 N–H and O–H groups in total. The highest BCUT2D eigenvalue weighted by Gasteiger charge is 2.55. The van der Waals surface area contributed by atoms with Crippen molar-refractivity contribution in [1.29, 1.82) is 0 Å². The predicted molar refractivity (Wildman–Crippen MR) is 94.7 cm³/mol. The number of halogens is 4. The van der Waals surface area contributed by atoms with Crippen LogP contribution in [0.3, 0.4) is 0 Å². The van der Waals surface area contributed by atoms with Crippen molar-refractivity contribution in [2.24, 2.45) is 0 Å². The lowest BCUT2D eigenvalue weighted by atomic mass is 9.80. The molecule has 4 nitrogen and oxygen atoms in total. The van der Waals surface area contributed by atoms with E-state index in [1.54, 1.807) is 4.90 Å². The highest BCUT2D eigenvalue weighted by atomic mass is 19.4. The molecule has 2 aliphatic heterocycles. The quantitative estimate of drug-likeness (QED) is 0.756. The van der Waals surface area contributed by atoms with Crippen molar-refractivity contribution in [3.05, 3.63) is 59.2 Å². The van der Waals surface area contributed by atoms with Crippen molar-refractivity contribution < 1.29 is 27.5 Å². The molecule has 0 spiro atoms. The van der Waals surface area contributed by atoms with Gasteiger partial charge in [-0.3, -0.25) is 9.69 Å². The molecular formula is C20H18F4N2O2. The molecule has 0 radical (unpaired) electrons. The third kappa shape index (κ3) is 2.74. The zero-order valence-electron chi connectivity index (χ0n) is 14.8. The van der Waals surface area contributed by atoms with Gasteiger partial charge in [-0.1, -0.05) is 24.3 Å². The Kier molecular flexibility index (Phi) is 4.33. The van der Waals surface area contributed by atoms with Crippen LogP contribution >= 0.6 is 0 Å². The first-order chi connectivity index (χ1) is 13.2. The molecule has 0 aliphatic carbocycles. The first-order valence-electron chi connectivity index (χ1n) is 8.95. The zero-order valence-corrected chi connectivity index (χ0v) is 14.8. The zero-order chi connectivity index (χ0) is 20.1. The van der Waals surface area contributed by atoms with Gasteiger partial charge in [0.25, 0.3) is 5.91 Å². The highest BCUT2D eigenvalue weighted by Crippen LogP contribution is 2.50. The fraction of sp³-hybridized carbons (Fsp3) is 0.350.